The van der Waals surface area contributed by atoms with Gasteiger partial charge in [-0.05, 0) is 42.3 Å². The van der Waals surface area contributed by atoms with Crippen molar-refractivity contribution < 1.29 is 14.3 Å². The summed E-state index contributed by atoms with van der Waals surface area (Å²) in [6, 6.07) is 18.0. The van der Waals surface area contributed by atoms with Crippen LogP contribution < -0.4 is 4.74 Å². The molecule has 0 fully saturated rings. The van der Waals surface area contributed by atoms with Crippen LogP contribution in [0.15, 0.2) is 54.6 Å². The van der Waals surface area contributed by atoms with Crippen molar-refractivity contribution in [2.45, 2.75) is 26.4 Å². The minimum absolute atomic E-state index is 0.218. The van der Waals surface area contributed by atoms with Crippen LogP contribution in [0.25, 0.3) is 10.9 Å². The number of fused-ring (bicyclic) bond motifs is 1. The Hall–Kier alpha value is -2.88. The average molecular weight is 335 g/mol. The standard InChI is InChI=1S/C21H21NO3/c1-15-12-17(8-11-21(23)24-2)22-20-10-9-18(13-19(15)20)25-14-16-6-4-3-5-7-16/h3-7,9-10,12-13H,8,11,14H2,1-2H3. The molecule has 0 amide bonds. The van der Waals surface area contributed by atoms with E-state index in [1.165, 1.54) is 7.11 Å². The van der Waals surface area contributed by atoms with Gasteiger partial charge >= 0.3 is 5.97 Å². The van der Waals surface area contributed by atoms with Gasteiger partial charge in [-0.2, -0.15) is 0 Å². The number of carbonyl (C=O) groups is 1. The van der Waals surface area contributed by atoms with Crippen molar-refractivity contribution >= 4 is 16.9 Å². The fourth-order valence-corrected chi connectivity index (χ4v) is 2.73. The van der Waals surface area contributed by atoms with Gasteiger partial charge in [0.25, 0.3) is 0 Å². The van der Waals surface area contributed by atoms with E-state index >= 15 is 0 Å². The molecule has 25 heavy (non-hydrogen) atoms. The number of carbonyl (C=O) groups excluding carboxylic acids is 1. The summed E-state index contributed by atoms with van der Waals surface area (Å²) in [5.74, 6) is 0.604. The molecule has 0 radical (unpaired) electrons. The number of benzene rings is 2. The number of hydrogen-bond acceptors (Lipinski definition) is 4. The Bertz CT molecular complexity index is 875. The van der Waals surface area contributed by atoms with Crippen LogP contribution in [0.4, 0.5) is 0 Å². The molecule has 4 nitrogen and oxygen atoms in total. The summed E-state index contributed by atoms with van der Waals surface area (Å²) < 4.78 is 10.6. The highest BCUT2D eigenvalue weighted by atomic mass is 16.5. The monoisotopic (exact) mass is 335 g/mol. The van der Waals surface area contributed by atoms with Gasteiger partial charge in [-0.15, -0.1) is 0 Å². The first-order chi connectivity index (χ1) is 12.2. The summed E-state index contributed by atoms with van der Waals surface area (Å²) in [5, 5.41) is 1.06. The van der Waals surface area contributed by atoms with Gasteiger partial charge < -0.3 is 9.47 Å². The molecule has 0 saturated carbocycles. The highest BCUT2D eigenvalue weighted by Crippen LogP contribution is 2.24. The van der Waals surface area contributed by atoms with Crippen molar-refractivity contribution in [3.63, 3.8) is 0 Å². The first kappa shape index (κ1) is 17.0. The van der Waals surface area contributed by atoms with E-state index in [0.29, 0.717) is 19.4 Å². The third-order valence-electron chi connectivity index (χ3n) is 4.10. The largest absolute Gasteiger partial charge is 0.489 e. The van der Waals surface area contributed by atoms with Crippen LogP contribution in [0.3, 0.4) is 0 Å². The molecule has 3 aromatic rings. The van der Waals surface area contributed by atoms with Crippen LogP contribution in [0.2, 0.25) is 0 Å². The average Bonchev–Trinajstić information content (AvgIpc) is 2.65. The van der Waals surface area contributed by atoms with Gasteiger partial charge in [0, 0.05) is 17.5 Å². The molecular weight excluding hydrogens is 314 g/mol. The van der Waals surface area contributed by atoms with E-state index in [1.54, 1.807) is 0 Å². The van der Waals surface area contributed by atoms with Gasteiger partial charge in [-0.3, -0.25) is 9.78 Å². The Kier molecular flexibility index (Phi) is 5.29. The Morgan fingerprint density at radius 3 is 2.64 bits per heavy atom. The second-order valence-electron chi connectivity index (χ2n) is 5.96. The lowest BCUT2D eigenvalue weighted by molar-refractivity contribution is -0.140. The predicted octanol–water partition coefficient (Wildman–Crippen LogP) is 4.23. The fraction of sp³-hybridized carbons (Fsp3) is 0.238. The number of ether oxygens (including phenoxy) is 2. The van der Waals surface area contributed by atoms with Crippen molar-refractivity contribution in [3.8, 4) is 5.75 Å². The molecule has 1 heterocycles. The number of aryl methyl sites for hydroxylation is 2. The van der Waals surface area contributed by atoms with E-state index in [9.17, 15) is 4.79 Å². The number of nitrogens with zero attached hydrogens (tertiary/aromatic N) is 1. The molecule has 0 aliphatic carbocycles. The lowest BCUT2D eigenvalue weighted by atomic mass is 10.1. The first-order valence-corrected chi connectivity index (χ1v) is 8.29. The zero-order valence-electron chi connectivity index (χ0n) is 14.5. The molecule has 2 aromatic carbocycles. The molecular formula is C21H21NO3. The van der Waals surface area contributed by atoms with Crippen molar-refractivity contribution in [2.24, 2.45) is 0 Å². The zero-order chi connectivity index (χ0) is 17.6. The molecule has 0 spiro atoms. The molecule has 0 aliphatic rings. The van der Waals surface area contributed by atoms with Gasteiger partial charge in [0.15, 0.2) is 0 Å². The molecule has 1 aromatic heterocycles. The molecule has 0 bridgehead atoms. The molecule has 3 rings (SSSR count). The van der Waals surface area contributed by atoms with Crippen LogP contribution >= 0.6 is 0 Å². The molecule has 128 valence electrons. The van der Waals surface area contributed by atoms with E-state index in [0.717, 1.165) is 33.5 Å². The smallest absolute Gasteiger partial charge is 0.305 e. The topological polar surface area (TPSA) is 48.4 Å². The van der Waals surface area contributed by atoms with Gasteiger partial charge in [0.1, 0.15) is 12.4 Å². The SMILES string of the molecule is COC(=O)CCc1cc(C)c2cc(OCc3ccccc3)ccc2n1. The first-order valence-electron chi connectivity index (χ1n) is 8.29. The van der Waals surface area contributed by atoms with Crippen LogP contribution in [-0.2, 0) is 22.6 Å². The van der Waals surface area contributed by atoms with E-state index < -0.39 is 0 Å². The third kappa shape index (κ3) is 4.35. The minimum Gasteiger partial charge on any atom is -0.489 e. The predicted molar refractivity (Wildman–Crippen MR) is 97.6 cm³/mol. The minimum atomic E-state index is -0.218. The van der Waals surface area contributed by atoms with E-state index in [4.69, 9.17) is 4.74 Å². The number of esters is 1. The Morgan fingerprint density at radius 2 is 1.88 bits per heavy atom. The Balaban J connectivity index is 1.76. The highest BCUT2D eigenvalue weighted by molar-refractivity contribution is 5.83. The molecule has 0 saturated heterocycles. The Labute approximate surface area is 147 Å². The Morgan fingerprint density at radius 1 is 1.08 bits per heavy atom. The molecule has 0 atom stereocenters. The van der Waals surface area contributed by atoms with Gasteiger partial charge in [-0.1, -0.05) is 30.3 Å². The van der Waals surface area contributed by atoms with Crippen molar-refractivity contribution in [2.75, 3.05) is 7.11 Å². The molecule has 0 unspecified atom stereocenters. The fourth-order valence-electron chi connectivity index (χ4n) is 2.73. The summed E-state index contributed by atoms with van der Waals surface area (Å²) >= 11 is 0. The molecule has 4 heteroatoms. The van der Waals surface area contributed by atoms with Gasteiger partial charge in [0.2, 0.25) is 0 Å². The number of methoxy groups -OCH3 is 1. The summed E-state index contributed by atoms with van der Waals surface area (Å²) in [5.41, 5.74) is 4.06. The number of hydrogen-bond donors (Lipinski definition) is 0. The maximum atomic E-state index is 11.3. The molecule has 0 N–H and O–H groups in total. The number of rotatable bonds is 6. The van der Waals surface area contributed by atoms with Crippen LogP contribution in [0.1, 0.15) is 23.2 Å². The van der Waals surface area contributed by atoms with Crippen LogP contribution in [0.5, 0.6) is 5.75 Å². The van der Waals surface area contributed by atoms with Crippen molar-refractivity contribution in [1.82, 2.24) is 4.98 Å². The van der Waals surface area contributed by atoms with E-state index in [2.05, 4.69) is 9.72 Å². The maximum absolute atomic E-state index is 11.3. The second kappa shape index (κ2) is 7.79. The second-order valence-corrected chi connectivity index (χ2v) is 5.96. The lowest BCUT2D eigenvalue weighted by Crippen LogP contribution is -2.03. The van der Waals surface area contributed by atoms with E-state index in [-0.39, 0.29) is 5.97 Å². The zero-order valence-corrected chi connectivity index (χ0v) is 14.5. The van der Waals surface area contributed by atoms with Gasteiger partial charge in [0.05, 0.1) is 19.0 Å². The van der Waals surface area contributed by atoms with Crippen LogP contribution in [0, 0.1) is 6.92 Å². The summed E-state index contributed by atoms with van der Waals surface area (Å²) in [4.78, 5) is 15.9. The van der Waals surface area contributed by atoms with Gasteiger partial charge in [-0.25, -0.2) is 0 Å². The lowest BCUT2D eigenvalue weighted by Gasteiger charge is -2.10. The van der Waals surface area contributed by atoms with Crippen molar-refractivity contribution in [3.05, 3.63) is 71.4 Å². The van der Waals surface area contributed by atoms with E-state index in [1.807, 2.05) is 61.5 Å². The van der Waals surface area contributed by atoms with Crippen molar-refractivity contribution in [1.29, 1.82) is 0 Å². The highest BCUT2D eigenvalue weighted by Gasteiger charge is 2.07. The third-order valence-corrected chi connectivity index (χ3v) is 4.10. The maximum Gasteiger partial charge on any atom is 0.305 e. The van der Waals surface area contributed by atoms with Crippen LogP contribution in [-0.4, -0.2) is 18.1 Å². The summed E-state index contributed by atoms with van der Waals surface area (Å²) in [6.45, 7) is 2.59. The quantitative estimate of drug-likeness (QED) is 0.633. The number of pyridine rings is 1. The summed E-state index contributed by atoms with van der Waals surface area (Å²) in [7, 11) is 1.40. The number of aromatic nitrogens is 1. The summed E-state index contributed by atoms with van der Waals surface area (Å²) in [6.07, 6.45) is 0.919. The molecule has 0 aliphatic heterocycles. The normalized spacial score (nSPS) is 10.6.